The summed E-state index contributed by atoms with van der Waals surface area (Å²) in [6, 6.07) is 0. The molecule has 0 unspecified atom stereocenters. The molecule has 8 heteroatoms. The van der Waals surface area contributed by atoms with Gasteiger partial charge in [0.25, 0.3) is 0 Å². The van der Waals surface area contributed by atoms with E-state index < -0.39 is 40.7 Å². The van der Waals surface area contributed by atoms with Gasteiger partial charge in [0, 0.05) is 20.8 Å². The van der Waals surface area contributed by atoms with E-state index in [4.69, 9.17) is 18.9 Å². The largest absolute Gasteiger partial charge is 0.456 e. The van der Waals surface area contributed by atoms with Crippen molar-refractivity contribution in [3.63, 3.8) is 0 Å². The molecular weight excluding hydrogens is 336 g/mol. The second-order valence-corrected chi connectivity index (χ2v) is 5.68. The summed E-state index contributed by atoms with van der Waals surface area (Å²) in [5.41, 5.74) is 0. The summed E-state index contributed by atoms with van der Waals surface area (Å²) in [5.74, 6) is -1.72. The molecule has 7 nitrogen and oxygen atoms in total. The molecule has 0 amide bonds. The topological polar surface area (TPSA) is 88.1 Å². The minimum atomic E-state index is -1.41. The van der Waals surface area contributed by atoms with Crippen LogP contribution in [-0.4, -0.2) is 47.3 Å². The van der Waals surface area contributed by atoms with Gasteiger partial charge in [0.2, 0.25) is 4.51 Å². The highest BCUT2D eigenvalue weighted by Crippen LogP contribution is 2.39. The number of carbonyl (C=O) groups is 3. The van der Waals surface area contributed by atoms with Gasteiger partial charge in [0.05, 0.1) is 6.61 Å². The second-order valence-electron chi connectivity index (χ2n) is 4.44. The van der Waals surface area contributed by atoms with Crippen LogP contribution in [0.15, 0.2) is 0 Å². The third-order valence-corrected chi connectivity index (χ3v) is 3.96. The van der Waals surface area contributed by atoms with Gasteiger partial charge in [0.15, 0.2) is 12.2 Å². The van der Waals surface area contributed by atoms with Gasteiger partial charge in [-0.3, -0.25) is 14.4 Å². The average Bonchev–Trinajstić information content (AvgIpc) is 2.27. The lowest BCUT2D eigenvalue weighted by atomic mass is 10.00. The van der Waals surface area contributed by atoms with E-state index in [2.05, 4.69) is 15.9 Å². The predicted molar refractivity (Wildman–Crippen MR) is 69.9 cm³/mol. The zero-order valence-electron chi connectivity index (χ0n) is 11.7. The molecular formula is C12H17BrO7. The average molecular weight is 353 g/mol. The van der Waals surface area contributed by atoms with E-state index in [9.17, 15) is 14.4 Å². The second kappa shape index (κ2) is 6.53. The Hall–Kier alpha value is -1.15. The number of hydrogen-bond donors (Lipinski definition) is 0. The lowest BCUT2D eigenvalue weighted by Gasteiger charge is -2.45. The van der Waals surface area contributed by atoms with Crippen LogP contribution in [0.2, 0.25) is 0 Å². The van der Waals surface area contributed by atoms with Crippen LogP contribution < -0.4 is 0 Å². The first kappa shape index (κ1) is 16.9. The maximum Gasteiger partial charge on any atom is 0.304 e. The summed E-state index contributed by atoms with van der Waals surface area (Å²) >= 11 is 3.25. The fourth-order valence-corrected chi connectivity index (χ4v) is 2.68. The van der Waals surface area contributed by atoms with Gasteiger partial charge in [-0.2, -0.15) is 0 Å². The van der Waals surface area contributed by atoms with Crippen molar-refractivity contribution in [3.05, 3.63) is 0 Å². The molecule has 1 heterocycles. The van der Waals surface area contributed by atoms with Crippen molar-refractivity contribution in [2.24, 2.45) is 0 Å². The summed E-state index contributed by atoms with van der Waals surface area (Å²) in [6.45, 7) is 5.35. The van der Waals surface area contributed by atoms with Crippen molar-refractivity contribution < 1.29 is 33.3 Å². The molecule has 114 valence electrons. The van der Waals surface area contributed by atoms with Gasteiger partial charge < -0.3 is 18.9 Å². The molecule has 0 aromatic carbocycles. The smallest absolute Gasteiger partial charge is 0.304 e. The van der Waals surface area contributed by atoms with E-state index in [1.165, 1.54) is 20.8 Å². The molecule has 0 bridgehead atoms. The van der Waals surface area contributed by atoms with Crippen molar-refractivity contribution in [2.45, 2.75) is 50.5 Å². The van der Waals surface area contributed by atoms with Crippen LogP contribution in [0, 0.1) is 0 Å². The zero-order chi connectivity index (χ0) is 15.5. The maximum atomic E-state index is 11.3. The fraction of sp³-hybridized carbons (Fsp3) is 0.750. The van der Waals surface area contributed by atoms with E-state index in [-0.39, 0.29) is 6.61 Å². The van der Waals surface area contributed by atoms with Crippen LogP contribution in [0.25, 0.3) is 0 Å². The number of halogens is 1. The lowest BCUT2D eigenvalue weighted by Crippen LogP contribution is -2.62. The first-order valence-electron chi connectivity index (χ1n) is 6.01. The molecule has 20 heavy (non-hydrogen) atoms. The highest BCUT2D eigenvalue weighted by atomic mass is 79.9. The molecule has 1 rings (SSSR count). The van der Waals surface area contributed by atoms with Gasteiger partial charge in [-0.05, 0) is 22.9 Å². The van der Waals surface area contributed by atoms with Crippen LogP contribution in [-0.2, 0) is 33.3 Å². The zero-order valence-corrected chi connectivity index (χ0v) is 13.3. The van der Waals surface area contributed by atoms with Crippen LogP contribution in [0.5, 0.6) is 0 Å². The summed E-state index contributed by atoms with van der Waals surface area (Å²) < 4.78 is 19.5. The molecule has 0 N–H and O–H groups in total. The molecule has 0 saturated carbocycles. The first-order chi connectivity index (χ1) is 9.16. The van der Waals surface area contributed by atoms with Crippen LogP contribution in [0.1, 0.15) is 27.7 Å². The molecule has 0 radical (unpaired) electrons. The number of esters is 3. The Balaban J connectivity index is 3.08. The van der Waals surface area contributed by atoms with Crippen molar-refractivity contribution in [3.8, 4) is 0 Å². The number of ether oxygens (including phenoxy) is 4. The van der Waals surface area contributed by atoms with E-state index in [1.54, 1.807) is 6.92 Å². The Kier molecular flexibility index (Phi) is 5.52. The molecule has 0 aromatic heterocycles. The molecule has 4 atom stereocenters. The highest BCUT2D eigenvalue weighted by molar-refractivity contribution is 9.10. The van der Waals surface area contributed by atoms with Gasteiger partial charge in [0.1, 0.15) is 6.10 Å². The Morgan fingerprint density at radius 1 is 1.10 bits per heavy atom. The minimum Gasteiger partial charge on any atom is -0.456 e. The first-order valence-corrected chi connectivity index (χ1v) is 6.80. The number of rotatable bonds is 3. The molecule has 0 aliphatic carbocycles. The lowest BCUT2D eigenvalue weighted by molar-refractivity contribution is -0.231. The Morgan fingerprint density at radius 2 is 1.65 bits per heavy atom. The molecule has 1 fully saturated rings. The summed E-state index contributed by atoms with van der Waals surface area (Å²) in [4.78, 5) is 33.6. The standard InChI is InChI=1S/C12H17BrO7/c1-6-12(13,20-9(4)16)11(19-8(3)15)10(5-17-6)18-7(2)14/h6,10-11H,5H2,1-4H3/t6-,10-,11-,12-/m0/s1. The van der Waals surface area contributed by atoms with Gasteiger partial charge in [-0.1, -0.05) is 0 Å². The van der Waals surface area contributed by atoms with E-state index in [0.717, 1.165) is 0 Å². The van der Waals surface area contributed by atoms with Crippen molar-refractivity contribution in [2.75, 3.05) is 6.61 Å². The van der Waals surface area contributed by atoms with Crippen molar-refractivity contribution in [1.29, 1.82) is 0 Å². The molecule has 1 aliphatic rings. The Bertz CT molecular complexity index is 411. The normalized spacial score (nSPS) is 33.1. The van der Waals surface area contributed by atoms with Crippen LogP contribution in [0.3, 0.4) is 0 Å². The van der Waals surface area contributed by atoms with Crippen molar-refractivity contribution >= 4 is 33.8 Å². The molecule has 0 spiro atoms. The van der Waals surface area contributed by atoms with E-state index >= 15 is 0 Å². The third-order valence-electron chi connectivity index (χ3n) is 2.70. The monoisotopic (exact) mass is 352 g/mol. The fourth-order valence-electron chi connectivity index (χ4n) is 1.93. The highest BCUT2D eigenvalue weighted by Gasteiger charge is 2.56. The van der Waals surface area contributed by atoms with Gasteiger partial charge >= 0.3 is 17.9 Å². The Labute approximate surface area is 125 Å². The number of alkyl halides is 1. The maximum absolute atomic E-state index is 11.3. The molecule has 1 saturated heterocycles. The van der Waals surface area contributed by atoms with E-state index in [0.29, 0.717) is 0 Å². The third kappa shape index (κ3) is 3.92. The van der Waals surface area contributed by atoms with Crippen molar-refractivity contribution in [1.82, 2.24) is 0 Å². The van der Waals surface area contributed by atoms with Gasteiger partial charge in [-0.15, -0.1) is 0 Å². The van der Waals surface area contributed by atoms with Crippen LogP contribution >= 0.6 is 15.9 Å². The number of hydrogen-bond acceptors (Lipinski definition) is 7. The molecule has 0 aromatic rings. The quantitative estimate of drug-likeness (QED) is 0.424. The summed E-state index contributed by atoms with van der Waals surface area (Å²) in [7, 11) is 0. The summed E-state index contributed by atoms with van der Waals surface area (Å²) in [6.07, 6.45) is -2.47. The Morgan fingerprint density at radius 3 is 2.10 bits per heavy atom. The minimum absolute atomic E-state index is 0.0350. The summed E-state index contributed by atoms with van der Waals surface area (Å²) in [5, 5.41) is 0. The number of carbonyl (C=O) groups excluding carboxylic acids is 3. The molecule has 1 aliphatic heterocycles. The SMILES string of the molecule is CC(=O)O[C@H]1CO[C@@H](C)[C@](Br)(OC(C)=O)[C@H]1OC(C)=O. The van der Waals surface area contributed by atoms with Gasteiger partial charge in [-0.25, -0.2) is 0 Å². The predicted octanol–water partition coefficient (Wildman–Crippen LogP) is 0.923. The van der Waals surface area contributed by atoms with Crippen LogP contribution in [0.4, 0.5) is 0 Å². The van der Waals surface area contributed by atoms with E-state index in [1.807, 2.05) is 0 Å².